The zero-order chi connectivity index (χ0) is 21.0. The van der Waals surface area contributed by atoms with Crippen molar-refractivity contribution in [2.24, 2.45) is 17.6 Å². The van der Waals surface area contributed by atoms with Gasteiger partial charge in [-0.1, -0.05) is 44.2 Å². The van der Waals surface area contributed by atoms with E-state index in [0.717, 1.165) is 23.0 Å². The van der Waals surface area contributed by atoms with Crippen LogP contribution in [0, 0.1) is 17.7 Å². The molecule has 0 fully saturated rings. The fraction of sp³-hybridized carbons (Fsp3) is 0.304. The van der Waals surface area contributed by atoms with E-state index in [4.69, 9.17) is 5.73 Å². The third kappa shape index (κ3) is 5.02. The Morgan fingerprint density at radius 3 is 2.45 bits per heavy atom. The highest BCUT2D eigenvalue weighted by molar-refractivity contribution is 6.07. The second kappa shape index (κ2) is 8.90. The summed E-state index contributed by atoms with van der Waals surface area (Å²) in [7, 11) is 0. The lowest BCUT2D eigenvalue weighted by atomic mass is 9.98. The Morgan fingerprint density at radius 1 is 1.10 bits per heavy atom. The van der Waals surface area contributed by atoms with Crippen molar-refractivity contribution in [1.29, 1.82) is 0 Å². The van der Waals surface area contributed by atoms with Crippen molar-refractivity contribution in [2.75, 3.05) is 6.54 Å². The van der Waals surface area contributed by atoms with Crippen LogP contribution in [0.1, 0.15) is 29.8 Å². The van der Waals surface area contributed by atoms with Crippen LogP contribution in [0.3, 0.4) is 0 Å². The Hall–Kier alpha value is -3.15. The van der Waals surface area contributed by atoms with E-state index in [0.29, 0.717) is 17.9 Å². The average molecular weight is 395 g/mol. The van der Waals surface area contributed by atoms with Gasteiger partial charge in [0.1, 0.15) is 5.82 Å². The molecule has 6 heteroatoms. The maximum absolute atomic E-state index is 13.1. The molecule has 5 nitrogen and oxygen atoms in total. The molecule has 2 amide bonds. The molecule has 1 heterocycles. The SMILES string of the molecule is CC(C)Cn1cc(C(=O)NCC(Cc2ccc(F)cc2)C(N)=O)c2ccccc21. The van der Waals surface area contributed by atoms with Crippen LogP contribution in [0.25, 0.3) is 10.9 Å². The van der Waals surface area contributed by atoms with Gasteiger partial charge in [-0.3, -0.25) is 9.59 Å². The zero-order valence-electron chi connectivity index (χ0n) is 16.7. The number of fused-ring (bicyclic) bond motifs is 1. The third-order valence-electron chi connectivity index (χ3n) is 4.90. The molecular weight excluding hydrogens is 369 g/mol. The zero-order valence-corrected chi connectivity index (χ0v) is 16.7. The van der Waals surface area contributed by atoms with Crippen LogP contribution in [0.15, 0.2) is 54.7 Å². The number of hydrogen-bond acceptors (Lipinski definition) is 2. The highest BCUT2D eigenvalue weighted by Gasteiger charge is 2.20. The lowest BCUT2D eigenvalue weighted by molar-refractivity contribution is -0.121. The van der Waals surface area contributed by atoms with E-state index < -0.39 is 11.8 Å². The predicted molar refractivity (Wildman–Crippen MR) is 112 cm³/mol. The molecule has 3 N–H and O–H groups in total. The number of amides is 2. The average Bonchev–Trinajstić information content (AvgIpc) is 3.04. The molecule has 0 aliphatic carbocycles. The minimum atomic E-state index is -0.576. The van der Waals surface area contributed by atoms with Crippen LogP contribution in [0.5, 0.6) is 0 Å². The Bertz CT molecular complexity index is 1010. The number of nitrogens with zero attached hydrogens (tertiary/aromatic N) is 1. The first-order valence-electron chi connectivity index (χ1n) is 9.75. The molecule has 1 atom stereocenters. The molecule has 1 aromatic heterocycles. The van der Waals surface area contributed by atoms with Crippen molar-refractivity contribution < 1.29 is 14.0 Å². The number of nitrogens with one attached hydrogen (secondary N) is 1. The van der Waals surface area contributed by atoms with E-state index in [1.165, 1.54) is 12.1 Å². The van der Waals surface area contributed by atoms with E-state index >= 15 is 0 Å². The van der Waals surface area contributed by atoms with Gasteiger partial charge in [0.15, 0.2) is 0 Å². The first kappa shape index (κ1) is 20.6. The second-order valence-corrected chi connectivity index (χ2v) is 7.75. The number of hydrogen-bond donors (Lipinski definition) is 2. The monoisotopic (exact) mass is 395 g/mol. The molecule has 1 unspecified atom stereocenters. The topological polar surface area (TPSA) is 77.1 Å². The maximum atomic E-state index is 13.1. The lowest BCUT2D eigenvalue weighted by Crippen LogP contribution is -2.37. The molecule has 0 spiro atoms. The molecule has 0 radical (unpaired) electrons. The van der Waals surface area contributed by atoms with Crippen LogP contribution in [0.4, 0.5) is 4.39 Å². The van der Waals surface area contributed by atoms with Crippen LogP contribution in [-0.4, -0.2) is 22.9 Å². The number of rotatable bonds is 8. The van der Waals surface area contributed by atoms with Gasteiger partial charge >= 0.3 is 0 Å². The first-order valence-corrected chi connectivity index (χ1v) is 9.75. The van der Waals surface area contributed by atoms with Crippen molar-refractivity contribution in [2.45, 2.75) is 26.8 Å². The summed E-state index contributed by atoms with van der Waals surface area (Å²) in [5, 5.41) is 3.72. The van der Waals surface area contributed by atoms with E-state index in [1.54, 1.807) is 12.1 Å². The number of halogens is 1. The quantitative estimate of drug-likeness (QED) is 0.612. The number of nitrogens with two attached hydrogens (primary N) is 1. The standard InChI is InChI=1S/C23H26FN3O2/c1-15(2)13-27-14-20(19-5-3-4-6-21(19)27)23(29)26-12-17(22(25)28)11-16-7-9-18(24)10-8-16/h3-10,14-15,17H,11-13H2,1-2H3,(H2,25,28)(H,26,29). The number of aromatic nitrogens is 1. The van der Waals surface area contributed by atoms with E-state index in [2.05, 4.69) is 23.7 Å². The normalized spacial score (nSPS) is 12.3. The summed E-state index contributed by atoms with van der Waals surface area (Å²) >= 11 is 0. The van der Waals surface area contributed by atoms with Gasteiger partial charge in [-0.25, -0.2) is 4.39 Å². The lowest BCUT2D eigenvalue weighted by Gasteiger charge is -2.14. The minimum absolute atomic E-state index is 0.120. The Labute approximate surface area is 169 Å². The van der Waals surface area contributed by atoms with Gasteiger partial charge in [0.25, 0.3) is 5.91 Å². The molecule has 3 rings (SSSR count). The summed E-state index contributed by atoms with van der Waals surface area (Å²) in [6, 6.07) is 13.7. The van der Waals surface area contributed by atoms with E-state index in [9.17, 15) is 14.0 Å². The number of para-hydroxylation sites is 1. The van der Waals surface area contributed by atoms with E-state index in [1.807, 2.05) is 30.5 Å². The van der Waals surface area contributed by atoms with Crippen molar-refractivity contribution >= 4 is 22.7 Å². The first-order chi connectivity index (χ1) is 13.8. The van der Waals surface area contributed by atoms with Gasteiger partial charge < -0.3 is 15.6 Å². The Morgan fingerprint density at radius 2 is 1.79 bits per heavy atom. The third-order valence-corrected chi connectivity index (χ3v) is 4.90. The smallest absolute Gasteiger partial charge is 0.253 e. The van der Waals surface area contributed by atoms with Gasteiger partial charge in [0.05, 0.1) is 11.5 Å². The van der Waals surface area contributed by atoms with Crippen LogP contribution < -0.4 is 11.1 Å². The second-order valence-electron chi connectivity index (χ2n) is 7.75. The van der Waals surface area contributed by atoms with Crippen LogP contribution >= 0.6 is 0 Å². The fourth-order valence-corrected chi connectivity index (χ4v) is 3.46. The van der Waals surface area contributed by atoms with Crippen LogP contribution in [-0.2, 0) is 17.8 Å². The molecule has 0 aliphatic rings. The van der Waals surface area contributed by atoms with Gasteiger partial charge in [-0.2, -0.15) is 0 Å². The number of primary amides is 1. The highest BCUT2D eigenvalue weighted by Crippen LogP contribution is 2.22. The molecule has 29 heavy (non-hydrogen) atoms. The summed E-state index contributed by atoms with van der Waals surface area (Å²) in [5.41, 5.74) is 7.89. The summed E-state index contributed by atoms with van der Waals surface area (Å²) in [6.45, 7) is 5.18. The number of benzene rings is 2. The van der Waals surface area contributed by atoms with Crippen LogP contribution in [0.2, 0.25) is 0 Å². The summed E-state index contributed by atoms with van der Waals surface area (Å²) in [4.78, 5) is 24.7. The predicted octanol–water partition coefficient (Wildman–Crippen LogP) is 3.51. The van der Waals surface area contributed by atoms with Crippen molar-refractivity contribution in [1.82, 2.24) is 9.88 Å². The Kier molecular flexibility index (Phi) is 6.32. The summed E-state index contributed by atoms with van der Waals surface area (Å²) in [5.74, 6) is -1.22. The largest absolute Gasteiger partial charge is 0.369 e. The molecule has 0 aliphatic heterocycles. The van der Waals surface area contributed by atoms with Crippen molar-refractivity contribution in [3.63, 3.8) is 0 Å². The fourth-order valence-electron chi connectivity index (χ4n) is 3.46. The molecule has 0 saturated carbocycles. The molecule has 0 saturated heterocycles. The maximum Gasteiger partial charge on any atom is 0.253 e. The Balaban J connectivity index is 1.75. The van der Waals surface area contributed by atoms with Crippen molar-refractivity contribution in [3.8, 4) is 0 Å². The summed E-state index contributed by atoms with van der Waals surface area (Å²) < 4.78 is 15.2. The van der Waals surface area contributed by atoms with Gasteiger partial charge in [-0.15, -0.1) is 0 Å². The van der Waals surface area contributed by atoms with Gasteiger partial charge in [-0.05, 0) is 36.1 Å². The van der Waals surface area contributed by atoms with Gasteiger partial charge in [0, 0.05) is 30.2 Å². The summed E-state index contributed by atoms with van der Waals surface area (Å²) in [6.07, 6.45) is 2.20. The van der Waals surface area contributed by atoms with Gasteiger partial charge in [0.2, 0.25) is 5.91 Å². The van der Waals surface area contributed by atoms with E-state index in [-0.39, 0.29) is 18.3 Å². The minimum Gasteiger partial charge on any atom is -0.369 e. The molecular formula is C23H26FN3O2. The highest BCUT2D eigenvalue weighted by atomic mass is 19.1. The molecule has 2 aromatic carbocycles. The molecule has 3 aromatic rings. The molecule has 152 valence electrons. The number of carbonyl (C=O) groups excluding carboxylic acids is 2. The van der Waals surface area contributed by atoms with Crippen molar-refractivity contribution in [3.05, 3.63) is 71.7 Å². The molecule has 0 bridgehead atoms. The number of carbonyl (C=O) groups is 2.